The normalized spacial score (nSPS) is 18.7. The lowest BCUT2D eigenvalue weighted by Gasteiger charge is -2.29. The molecule has 1 aliphatic rings. The van der Waals surface area contributed by atoms with Gasteiger partial charge in [0.1, 0.15) is 5.82 Å². The summed E-state index contributed by atoms with van der Waals surface area (Å²) < 4.78 is 0. The van der Waals surface area contributed by atoms with Crippen molar-refractivity contribution < 1.29 is 9.72 Å². The fourth-order valence-electron chi connectivity index (χ4n) is 3.44. The highest BCUT2D eigenvalue weighted by Gasteiger charge is 2.22. The van der Waals surface area contributed by atoms with Crippen molar-refractivity contribution in [1.29, 1.82) is 0 Å². The molecule has 1 heterocycles. The first kappa shape index (κ1) is 21.2. The first-order chi connectivity index (χ1) is 14.4. The Bertz CT molecular complexity index is 922. The van der Waals surface area contributed by atoms with Gasteiger partial charge in [0.25, 0.3) is 5.69 Å². The quantitative estimate of drug-likeness (QED) is 0.410. The molecular weight excluding hydrogens is 384 g/mol. The van der Waals surface area contributed by atoms with Crippen LogP contribution >= 0.6 is 0 Å². The molecule has 1 saturated carbocycles. The van der Waals surface area contributed by atoms with Crippen molar-refractivity contribution in [2.45, 2.75) is 37.8 Å². The molecule has 0 aliphatic heterocycles. The monoisotopic (exact) mass is 410 g/mol. The van der Waals surface area contributed by atoms with Gasteiger partial charge in [0.05, 0.1) is 10.5 Å². The molecule has 1 amide bonds. The Kier molecular flexibility index (Phi) is 6.95. The number of nitrogens with one attached hydrogen (secondary N) is 2. The Morgan fingerprint density at radius 2 is 1.87 bits per heavy atom. The number of hydrogen-bond acceptors (Lipinski definition) is 7. The van der Waals surface area contributed by atoms with Gasteiger partial charge in [0, 0.05) is 44.5 Å². The van der Waals surface area contributed by atoms with Gasteiger partial charge in [-0.15, -0.1) is 0 Å². The summed E-state index contributed by atoms with van der Waals surface area (Å²) in [5.74, 6) is 1.21. The molecule has 0 bridgehead atoms. The number of rotatable bonds is 7. The fourth-order valence-corrected chi connectivity index (χ4v) is 3.44. The number of hydrogen-bond donors (Lipinski definition) is 2. The zero-order chi connectivity index (χ0) is 21.5. The van der Waals surface area contributed by atoms with Gasteiger partial charge in [-0.2, -0.15) is 4.98 Å². The maximum atomic E-state index is 12.2. The van der Waals surface area contributed by atoms with E-state index in [4.69, 9.17) is 0 Å². The second-order valence-corrected chi connectivity index (χ2v) is 7.48. The Balaban J connectivity index is 1.48. The molecule has 3 rings (SSSR count). The summed E-state index contributed by atoms with van der Waals surface area (Å²) in [6, 6.07) is 8.55. The molecule has 0 unspecified atom stereocenters. The zero-order valence-electron chi connectivity index (χ0n) is 17.1. The predicted molar refractivity (Wildman–Crippen MR) is 116 cm³/mol. The lowest BCUT2D eigenvalue weighted by atomic mass is 9.91. The van der Waals surface area contributed by atoms with Gasteiger partial charge in [-0.3, -0.25) is 14.9 Å². The molecule has 0 atom stereocenters. The van der Waals surface area contributed by atoms with E-state index in [-0.39, 0.29) is 23.7 Å². The fraction of sp³-hybridized carbons (Fsp3) is 0.381. The van der Waals surface area contributed by atoms with Crippen LogP contribution in [0.4, 0.5) is 17.5 Å². The third kappa shape index (κ3) is 5.76. The Morgan fingerprint density at radius 3 is 2.57 bits per heavy atom. The molecule has 1 aliphatic carbocycles. The van der Waals surface area contributed by atoms with E-state index in [1.807, 2.05) is 25.1 Å². The van der Waals surface area contributed by atoms with Crippen LogP contribution in [0.2, 0.25) is 0 Å². The number of benzene rings is 1. The second-order valence-electron chi connectivity index (χ2n) is 7.48. The molecule has 0 radical (unpaired) electrons. The highest BCUT2D eigenvalue weighted by molar-refractivity contribution is 5.92. The summed E-state index contributed by atoms with van der Waals surface area (Å²) in [7, 11) is 3.87. The van der Waals surface area contributed by atoms with Gasteiger partial charge < -0.3 is 15.5 Å². The third-order valence-electron chi connectivity index (χ3n) is 5.05. The number of carbonyl (C=O) groups is 1. The van der Waals surface area contributed by atoms with Gasteiger partial charge >= 0.3 is 0 Å². The predicted octanol–water partition coefficient (Wildman–Crippen LogP) is 3.00. The number of aromatic nitrogens is 2. The Labute approximate surface area is 175 Å². The van der Waals surface area contributed by atoms with E-state index in [9.17, 15) is 14.9 Å². The van der Waals surface area contributed by atoms with Gasteiger partial charge in [0.15, 0.2) is 0 Å². The number of nitro benzene ring substituents is 1. The molecular formula is C21H26N6O3. The van der Waals surface area contributed by atoms with E-state index in [0.29, 0.717) is 11.5 Å². The van der Waals surface area contributed by atoms with E-state index in [1.54, 1.807) is 24.4 Å². The number of anilines is 2. The minimum Gasteiger partial charge on any atom is -0.363 e. The van der Waals surface area contributed by atoms with E-state index in [2.05, 4.69) is 20.6 Å². The van der Waals surface area contributed by atoms with Crippen LogP contribution in [-0.4, -0.2) is 47.0 Å². The van der Waals surface area contributed by atoms with E-state index in [0.717, 1.165) is 31.5 Å². The van der Waals surface area contributed by atoms with Crippen LogP contribution in [0.5, 0.6) is 0 Å². The van der Waals surface area contributed by atoms with Crippen LogP contribution in [-0.2, 0) is 4.79 Å². The molecule has 0 spiro atoms. The molecule has 158 valence electrons. The molecule has 30 heavy (non-hydrogen) atoms. The lowest BCUT2D eigenvalue weighted by Crippen LogP contribution is -2.39. The van der Waals surface area contributed by atoms with Crippen LogP contribution in [0, 0.1) is 10.1 Å². The molecule has 1 aromatic heterocycles. The molecule has 1 aromatic carbocycles. The summed E-state index contributed by atoms with van der Waals surface area (Å²) in [6.45, 7) is 0. The first-order valence-electron chi connectivity index (χ1n) is 9.91. The topological polar surface area (TPSA) is 113 Å². The molecule has 9 heteroatoms. The van der Waals surface area contributed by atoms with Crippen LogP contribution in [0.15, 0.2) is 42.6 Å². The summed E-state index contributed by atoms with van der Waals surface area (Å²) in [5.41, 5.74) is 0.388. The number of nitro groups is 1. The lowest BCUT2D eigenvalue weighted by molar-refractivity contribution is -0.385. The zero-order valence-corrected chi connectivity index (χ0v) is 17.1. The van der Waals surface area contributed by atoms with Crippen molar-refractivity contribution in [2.24, 2.45) is 0 Å². The van der Waals surface area contributed by atoms with Crippen LogP contribution in [0.25, 0.3) is 6.08 Å². The maximum Gasteiger partial charge on any atom is 0.276 e. The molecule has 2 N–H and O–H groups in total. The van der Waals surface area contributed by atoms with E-state index >= 15 is 0 Å². The minimum atomic E-state index is -0.455. The van der Waals surface area contributed by atoms with Crippen molar-refractivity contribution in [3.63, 3.8) is 0 Å². The third-order valence-corrected chi connectivity index (χ3v) is 5.05. The van der Waals surface area contributed by atoms with Crippen LogP contribution in [0.1, 0.15) is 31.2 Å². The molecule has 2 aromatic rings. The van der Waals surface area contributed by atoms with E-state index < -0.39 is 4.92 Å². The highest BCUT2D eigenvalue weighted by Crippen LogP contribution is 2.22. The number of nitrogens with zero attached hydrogens (tertiary/aromatic N) is 4. The molecule has 9 nitrogen and oxygen atoms in total. The van der Waals surface area contributed by atoms with Gasteiger partial charge in [-0.1, -0.05) is 12.1 Å². The van der Waals surface area contributed by atoms with Crippen molar-refractivity contribution >= 4 is 29.4 Å². The summed E-state index contributed by atoms with van der Waals surface area (Å²) in [5, 5.41) is 17.4. The minimum absolute atomic E-state index is 0.0197. The standard InChI is InChI=1S/C21H26N6O3/c1-26(2)19-13-14-22-21(25-19)24-17-10-8-16(9-11-17)23-20(28)12-7-15-5-3-4-6-18(15)27(29)30/h3-7,12-14,16-17H,8-11H2,1-2H3,(H,23,28)(H,22,24,25). The SMILES string of the molecule is CN(C)c1ccnc(NC2CCC(NC(=O)C=Cc3ccccc3[N+](=O)[O-])CC2)n1. The average Bonchev–Trinajstić information content (AvgIpc) is 2.74. The van der Waals surface area contributed by atoms with Gasteiger partial charge in [-0.05, 0) is 43.9 Å². The number of para-hydroxylation sites is 1. The highest BCUT2D eigenvalue weighted by atomic mass is 16.6. The van der Waals surface area contributed by atoms with E-state index in [1.165, 1.54) is 18.2 Å². The molecule has 0 saturated heterocycles. The summed E-state index contributed by atoms with van der Waals surface area (Å²) in [6.07, 6.45) is 8.05. The van der Waals surface area contributed by atoms with Crippen molar-refractivity contribution in [2.75, 3.05) is 24.3 Å². The van der Waals surface area contributed by atoms with Gasteiger partial charge in [0.2, 0.25) is 11.9 Å². The Morgan fingerprint density at radius 1 is 1.17 bits per heavy atom. The Hall–Kier alpha value is -3.49. The van der Waals surface area contributed by atoms with Crippen molar-refractivity contribution in [3.8, 4) is 0 Å². The largest absolute Gasteiger partial charge is 0.363 e. The van der Waals surface area contributed by atoms with Gasteiger partial charge in [-0.25, -0.2) is 4.98 Å². The van der Waals surface area contributed by atoms with Crippen molar-refractivity contribution in [3.05, 3.63) is 58.3 Å². The van der Waals surface area contributed by atoms with Crippen LogP contribution < -0.4 is 15.5 Å². The summed E-state index contributed by atoms with van der Waals surface area (Å²) in [4.78, 5) is 33.5. The maximum absolute atomic E-state index is 12.2. The smallest absolute Gasteiger partial charge is 0.276 e. The van der Waals surface area contributed by atoms with Crippen molar-refractivity contribution in [1.82, 2.24) is 15.3 Å². The number of amides is 1. The molecule has 1 fully saturated rings. The summed E-state index contributed by atoms with van der Waals surface area (Å²) >= 11 is 0. The second kappa shape index (κ2) is 9.82. The first-order valence-corrected chi connectivity index (χ1v) is 9.91. The van der Waals surface area contributed by atoms with Crippen LogP contribution in [0.3, 0.4) is 0 Å². The number of carbonyl (C=O) groups excluding carboxylic acids is 1. The average molecular weight is 410 g/mol.